The molecule has 1 aliphatic rings. The van der Waals surface area contributed by atoms with Crippen LogP contribution in [-0.4, -0.2) is 49.8 Å². The Bertz CT molecular complexity index is 195. The average molecular weight is 242 g/mol. The highest BCUT2D eigenvalue weighted by molar-refractivity contribution is 4.74. The third-order valence-electron chi connectivity index (χ3n) is 3.76. The molecule has 0 spiro atoms. The highest BCUT2D eigenvalue weighted by atomic mass is 16.5. The van der Waals surface area contributed by atoms with Crippen molar-refractivity contribution >= 4 is 0 Å². The van der Waals surface area contributed by atoms with E-state index in [4.69, 9.17) is 4.74 Å². The summed E-state index contributed by atoms with van der Waals surface area (Å²) in [5, 5.41) is 3.59. The van der Waals surface area contributed by atoms with Crippen LogP contribution in [0, 0.1) is 5.92 Å². The Labute approximate surface area is 107 Å². The Morgan fingerprint density at radius 2 is 2.12 bits per heavy atom. The Kier molecular flexibility index (Phi) is 7.09. The van der Waals surface area contributed by atoms with E-state index in [1.54, 1.807) is 0 Å². The summed E-state index contributed by atoms with van der Waals surface area (Å²) in [6.45, 7) is 14.3. The lowest BCUT2D eigenvalue weighted by Crippen LogP contribution is -2.44. The number of piperidine rings is 1. The van der Waals surface area contributed by atoms with E-state index in [9.17, 15) is 0 Å². The topological polar surface area (TPSA) is 24.5 Å². The second-order valence-electron chi connectivity index (χ2n) is 5.51. The van der Waals surface area contributed by atoms with Gasteiger partial charge in [-0.15, -0.1) is 0 Å². The van der Waals surface area contributed by atoms with Crippen molar-refractivity contribution in [3.8, 4) is 0 Å². The van der Waals surface area contributed by atoms with Crippen molar-refractivity contribution < 1.29 is 4.74 Å². The van der Waals surface area contributed by atoms with Gasteiger partial charge in [0.05, 0.1) is 6.10 Å². The van der Waals surface area contributed by atoms with Gasteiger partial charge in [-0.2, -0.15) is 0 Å². The fourth-order valence-corrected chi connectivity index (χ4v) is 2.27. The largest absolute Gasteiger partial charge is 0.377 e. The molecule has 0 aromatic rings. The van der Waals surface area contributed by atoms with Gasteiger partial charge in [-0.05, 0) is 39.2 Å². The highest BCUT2D eigenvalue weighted by Crippen LogP contribution is 2.12. The summed E-state index contributed by atoms with van der Waals surface area (Å²) in [5.41, 5.74) is 0. The lowest BCUT2D eigenvalue weighted by atomic mass is 10.1. The maximum atomic E-state index is 5.72. The van der Waals surface area contributed by atoms with Gasteiger partial charge in [0, 0.05) is 32.3 Å². The molecule has 1 N–H and O–H groups in total. The smallest absolute Gasteiger partial charge is 0.0702 e. The number of hydrogen-bond acceptors (Lipinski definition) is 3. The molecule has 3 nitrogen and oxygen atoms in total. The molecular weight excluding hydrogens is 212 g/mol. The third kappa shape index (κ3) is 5.84. The van der Waals surface area contributed by atoms with Gasteiger partial charge in [0.15, 0.2) is 0 Å². The van der Waals surface area contributed by atoms with Crippen LogP contribution in [-0.2, 0) is 4.74 Å². The molecule has 0 aromatic carbocycles. The zero-order chi connectivity index (χ0) is 12.7. The molecule has 0 aromatic heterocycles. The van der Waals surface area contributed by atoms with Crippen LogP contribution in [0.15, 0.2) is 0 Å². The van der Waals surface area contributed by atoms with Crippen LogP contribution < -0.4 is 5.32 Å². The second kappa shape index (κ2) is 8.06. The molecule has 17 heavy (non-hydrogen) atoms. The molecule has 2 unspecified atom stereocenters. The molecule has 1 saturated heterocycles. The maximum Gasteiger partial charge on any atom is 0.0702 e. The van der Waals surface area contributed by atoms with Crippen LogP contribution in [0.4, 0.5) is 0 Å². The SMILES string of the molecule is CCOC1CCCN(CCNC(C)C(C)C)C1. The van der Waals surface area contributed by atoms with E-state index >= 15 is 0 Å². The van der Waals surface area contributed by atoms with Crippen molar-refractivity contribution in [1.29, 1.82) is 0 Å². The summed E-state index contributed by atoms with van der Waals surface area (Å²) in [7, 11) is 0. The predicted molar refractivity (Wildman–Crippen MR) is 73.4 cm³/mol. The van der Waals surface area contributed by atoms with E-state index in [1.807, 2.05) is 0 Å². The minimum Gasteiger partial charge on any atom is -0.377 e. The van der Waals surface area contributed by atoms with E-state index < -0.39 is 0 Å². The Morgan fingerprint density at radius 3 is 2.76 bits per heavy atom. The van der Waals surface area contributed by atoms with E-state index in [2.05, 4.69) is 37.9 Å². The van der Waals surface area contributed by atoms with E-state index in [1.165, 1.54) is 19.4 Å². The van der Waals surface area contributed by atoms with Gasteiger partial charge in [-0.3, -0.25) is 4.90 Å². The summed E-state index contributed by atoms with van der Waals surface area (Å²) < 4.78 is 5.72. The first-order chi connectivity index (χ1) is 8.13. The number of nitrogens with one attached hydrogen (secondary N) is 1. The molecule has 1 aliphatic heterocycles. The van der Waals surface area contributed by atoms with Gasteiger partial charge in [0.25, 0.3) is 0 Å². The Morgan fingerprint density at radius 1 is 1.35 bits per heavy atom. The van der Waals surface area contributed by atoms with Crippen molar-refractivity contribution in [2.45, 2.75) is 52.7 Å². The van der Waals surface area contributed by atoms with Crippen LogP contribution in [0.3, 0.4) is 0 Å². The molecule has 0 amide bonds. The van der Waals surface area contributed by atoms with Crippen LogP contribution in [0.1, 0.15) is 40.5 Å². The molecule has 0 bridgehead atoms. The van der Waals surface area contributed by atoms with Crippen LogP contribution in [0.5, 0.6) is 0 Å². The molecule has 0 aliphatic carbocycles. The van der Waals surface area contributed by atoms with Crippen LogP contribution >= 0.6 is 0 Å². The monoisotopic (exact) mass is 242 g/mol. The molecule has 2 atom stereocenters. The highest BCUT2D eigenvalue weighted by Gasteiger charge is 2.19. The van der Waals surface area contributed by atoms with E-state index in [0.717, 1.165) is 26.2 Å². The minimum atomic E-state index is 0.469. The summed E-state index contributed by atoms with van der Waals surface area (Å²) in [6.07, 6.45) is 2.99. The van der Waals surface area contributed by atoms with Gasteiger partial charge in [-0.25, -0.2) is 0 Å². The maximum absolute atomic E-state index is 5.72. The lowest BCUT2D eigenvalue weighted by Gasteiger charge is -2.32. The first-order valence-electron chi connectivity index (χ1n) is 7.20. The van der Waals surface area contributed by atoms with Gasteiger partial charge < -0.3 is 10.1 Å². The summed E-state index contributed by atoms with van der Waals surface area (Å²) >= 11 is 0. The Balaban J connectivity index is 2.14. The number of ether oxygens (including phenoxy) is 1. The minimum absolute atomic E-state index is 0.469. The fraction of sp³-hybridized carbons (Fsp3) is 1.00. The molecule has 0 radical (unpaired) electrons. The first-order valence-corrected chi connectivity index (χ1v) is 7.20. The van der Waals surface area contributed by atoms with Gasteiger partial charge in [0.2, 0.25) is 0 Å². The van der Waals surface area contributed by atoms with Crippen LogP contribution in [0.2, 0.25) is 0 Å². The normalized spacial score (nSPS) is 24.2. The van der Waals surface area contributed by atoms with Crippen molar-refractivity contribution in [3.63, 3.8) is 0 Å². The first kappa shape index (κ1) is 14.9. The summed E-state index contributed by atoms with van der Waals surface area (Å²) in [4.78, 5) is 2.53. The van der Waals surface area contributed by atoms with Gasteiger partial charge in [-0.1, -0.05) is 13.8 Å². The predicted octanol–water partition coefficient (Wildman–Crippen LogP) is 2.12. The third-order valence-corrected chi connectivity index (χ3v) is 3.76. The molecule has 0 saturated carbocycles. The zero-order valence-electron chi connectivity index (χ0n) is 12.0. The molecule has 1 rings (SSSR count). The second-order valence-corrected chi connectivity index (χ2v) is 5.51. The number of rotatable bonds is 7. The zero-order valence-corrected chi connectivity index (χ0v) is 12.0. The van der Waals surface area contributed by atoms with Crippen molar-refractivity contribution in [2.75, 3.05) is 32.8 Å². The summed E-state index contributed by atoms with van der Waals surface area (Å²) in [6, 6.07) is 0.613. The lowest BCUT2D eigenvalue weighted by molar-refractivity contribution is 0.00616. The standard InChI is InChI=1S/C14H30N2O/c1-5-17-14-7-6-9-16(11-14)10-8-15-13(4)12(2)3/h12-15H,5-11H2,1-4H3. The van der Waals surface area contributed by atoms with E-state index in [-0.39, 0.29) is 0 Å². The van der Waals surface area contributed by atoms with Crippen LogP contribution in [0.25, 0.3) is 0 Å². The molecule has 1 heterocycles. The van der Waals surface area contributed by atoms with Gasteiger partial charge >= 0.3 is 0 Å². The van der Waals surface area contributed by atoms with E-state index in [0.29, 0.717) is 18.1 Å². The van der Waals surface area contributed by atoms with Gasteiger partial charge in [0.1, 0.15) is 0 Å². The van der Waals surface area contributed by atoms with Crippen molar-refractivity contribution in [2.24, 2.45) is 5.92 Å². The molecular formula is C14H30N2O. The number of hydrogen-bond donors (Lipinski definition) is 1. The number of likely N-dealkylation sites (tertiary alicyclic amines) is 1. The Hall–Kier alpha value is -0.120. The fourth-order valence-electron chi connectivity index (χ4n) is 2.27. The average Bonchev–Trinajstić information content (AvgIpc) is 2.29. The quantitative estimate of drug-likeness (QED) is 0.740. The van der Waals surface area contributed by atoms with Crippen molar-refractivity contribution in [3.05, 3.63) is 0 Å². The molecule has 3 heteroatoms. The molecule has 102 valence electrons. The number of nitrogens with zero attached hydrogens (tertiary/aromatic N) is 1. The van der Waals surface area contributed by atoms with Crippen molar-refractivity contribution in [1.82, 2.24) is 10.2 Å². The molecule has 1 fully saturated rings. The summed E-state index contributed by atoms with van der Waals surface area (Å²) in [5.74, 6) is 0.715.